The molecule has 14 heavy (non-hydrogen) atoms. The molecule has 1 aromatic carbocycles. The van der Waals surface area contributed by atoms with Gasteiger partial charge in [-0.2, -0.15) is 0 Å². The smallest absolute Gasteiger partial charge is 0.127 e. The second-order valence-corrected chi connectivity index (χ2v) is 4.62. The fourth-order valence-electron chi connectivity index (χ4n) is 1.79. The summed E-state index contributed by atoms with van der Waals surface area (Å²) in [5.41, 5.74) is 6.36. The van der Waals surface area contributed by atoms with E-state index in [-0.39, 0.29) is 11.4 Å². The topological polar surface area (TPSA) is 26.0 Å². The molecule has 2 atom stereocenters. The Kier molecular flexibility index (Phi) is 2.28. The van der Waals surface area contributed by atoms with Gasteiger partial charge >= 0.3 is 0 Å². The van der Waals surface area contributed by atoms with Crippen LogP contribution in [-0.4, -0.2) is 5.54 Å². The van der Waals surface area contributed by atoms with Gasteiger partial charge in [-0.3, -0.25) is 0 Å². The summed E-state index contributed by atoms with van der Waals surface area (Å²) in [7, 11) is 0. The second kappa shape index (κ2) is 3.21. The van der Waals surface area contributed by atoms with Crippen molar-refractivity contribution in [1.29, 1.82) is 0 Å². The number of hydrogen-bond acceptors (Lipinski definition) is 1. The van der Waals surface area contributed by atoms with Crippen LogP contribution in [0.5, 0.6) is 0 Å². The highest BCUT2D eigenvalue weighted by molar-refractivity contribution is 6.31. The molecule has 1 nitrogen and oxygen atoms in total. The van der Waals surface area contributed by atoms with Gasteiger partial charge in [0.05, 0.1) is 0 Å². The Morgan fingerprint density at radius 1 is 1.64 bits per heavy atom. The average Bonchev–Trinajstić information content (AvgIpc) is 2.68. The standard InChI is InChI=1S/C11H13ClFN/c1-7-5-11(7,14)6-8-9(12)3-2-4-10(8)13/h2-4,7H,5-6,14H2,1H3. The number of hydrogen-bond donors (Lipinski definition) is 1. The van der Waals surface area contributed by atoms with Crippen molar-refractivity contribution in [1.82, 2.24) is 0 Å². The highest BCUT2D eigenvalue weighted by atomic mass is 35.5. The number of nitrogens with two attached hydrogens (primary N) is 1. The van der Waals surface area contributed by atoms with Gasteiger partial charge in [0.15, 0.2) is 0 Å². The van der Waals surface area contributed by atoms with Crippen LogP contribution in [0.25, 0.3) is 0 Å². The van der Waals surface area contributed by atoms with Gasteiger partial charge in [0.25, 0.3) is 0 Å². The number of halogens is 2. The third-order valence-corrected chi connectivity index (χ3v) is 3.43. The number of benzene rings is 1. The van der Waals surface area contributed by atoms with Crippen LogP contribution in [0.2, 0.25) is 5.02 Å². The van der Waals surface area contributed by atoms with Crippen LogP contribution in [0.3, 0.4) is 0 Å². The van der Waals surface area contributed by atoms with Crippen LogP contribution >= 0.6 is 11.6 Å². The van der Waals surface area contributed by atoms with E-state index in [0.29, 0.717) is 22.9 Å². The fraction of sp³-hybridized carbons (Fsp3) is 0.455. The third-order valence-electron chi connectivity index (χ3n) is 3.08. The lowest BCUT2D eigenvalue weighted by Crippen LogP contribution is -2.27. The van der Waals surface area contributed by atoms with Crippen molar-refractivity contribution in [3.63, 3.8) is 0 Å². The zero-order valence-corrected chi connectivity index (χ0v) is 8.81. The van der Waals surface area contributed by atoms with Gasteiger partial charge in [0.1, 0.15) is 5.82 Å². The first-order valence-corrected chi connectivity index (χ1v) is 5.12. The molecule has 0 aromatic heterocycles. The molecular formula is C11H13ClFN. The zero-order valence-electron chi connectivity index (χ0n) is 8.06. The van der Waals surface area contributed by atoms with E-state index in [1.165, 1.54) is 6.07 Å². The molecule has 1 aromatic rings. The van der Waals surface area contributed by atoms with Gasteiger partial charge in [0, 0.05) is 16.1 Å². The van der Waals surface area contributed by atoms with E-state index in [0.717, 1.165) is 6.42 Å². The van der Waals surface area contributed by atoms with Gasteiger partial charge in [-0.1, -0.05) is 24.6 Å². The predicted octanol–water partition coefficient (Wildman–Crippen LogP) is 2.76. The fourth-order valence-corrected chi connectivity index (χ4v) is 2.02. The van der Waals surface area contributed by atoms with E-state index in [9.17, 15) is 4.39 Å². The molecule has 2 N–H and O–H groups in total. The summed E-state index contributed by atoms with van der Waals surface area (Å²) in [6.45, 7) is 2.08. The summed E-state index contributed by atoms with van der Waals surface area (Å²) in [4.78, 5) is 0. The van der Waals surface area contributed by atoms with Crippen molar-refractivity contribution in [2.75, 3.05) is 0 Å². The first kappa shape index (κ1) is 9.94. The van der Waals surface area contributed by atoms with E-state index < -0.39 is 0 Å². The Labute approximate surface area is 88.1 Å². The highest BCUT2D eigenvalue weighted by Gasteiger charge is 2.47. The van der Waals surface area contributed by atoms with Crippen LogP contribution in [-0.2, 0) is 6.42 Å². The van der Waals surface area contributed by atoms with Crippen molar-refractivity contribution in [2.24, 2.45) is 11.7 Å². The number of rotatable bonds is 2. The summed E-state index contributed by atoms with van der Waals surface area (Å²) in [5.74, 6) is 0.222. The summed E-state index contributed by atoms with van der Waals surface area (Å²) in [6.07, 6.45) is 1.50. The molecule has 0 aliphatic heterocycles. The van der Waals surface area contributed by atoms with Crippen LogP contribution < -0.4 is 5.73 Å². The molecule has 0 radical (unpaired) electrons. The molecule has 1 aliphatic rings. The Bertz CT molecular complexity index is 346. The lowest BCUT2D eigenvalue weighted by atomic mass is 10.0. The van der Waals surface area contributed by atoms with E-state index in [2.05, 4.69) is 6.92 Å². The molecule has 1 aliphatic carbocycles. The molecule has 3 heteroatoms. The lowest BCUT2D eigenvalue weighted by molar-refractivity contribution is 0.564. The summed E-state index contributed by atoms with van der Waals surface area (Å²) in [5, 5.41) is 0.480. The first-order chi connectivity index (χ1) is 6.53. The third kappa shape index (κ3) is 1.64. The molecule has 0 bridgehead atoms. The Morgan fingerprint density at radius 3 is 2.79 bits per heavy atom. The molecule has 0 amide bonds. The van der Waals surface area contributed by atoms with Crippen LogP contribution in [0.15, 0.2) is 18.2 Å². The second-order valence-electron chi connectivity index (χ2n) is 4.22. The Morgan fingerprint density at radius 2 is 2.29 bits per heavy atom. The minimum absolute atomic E-state index is 0.230. The van der Waals surface area contributed by atoms with E-state index in [4.69, 9.17) is 17.3 Å². The molecule has 1 fully saturated rings. The molecule has 0 spiro atoms. The average molecular weight is 214 g/mol. The molecule has 2 unspecified atom stereocenters. The maximum atomic E-state index is 13.4. The van der Waals surface area contributed by atoms with Crippen LogP contribution in [0.1, 0.15) is 18.9 Å². The monoisotopic (exact) mass is 213 g/mol. The summed E-state index contributed by atoms with van der Waals surface area (Å²) < 4.78 is 13.4. The van der Waals surface area contributed by atoms with Crippen molar-refractivity contribution in [2.45, 2.75) is 25.3 Å². The predicted molar refractivity (Wildman–Crippen MR) is 55.8 cm³/mol. The molecule has 0 heterocycles. The quantitative estimate of drug-likeness (QED) is 0.803. The summed E-state index contributed by atoms with van der Waals surface area (Å²) in [6, 6.07) is 4.74. The Balaban J connectivity index is 2.25. The minimum atomic E-state index is -0.249. The SMILES string of the molecule is CC1CC1(N)Cc1c(F)cccc1Cl. The molecule has 1 saturated carbocycles. The van der Waals surface area contributed by atoms with Gasteiger partial charge in [-0.15, -0.1) is 0 Å². The van der Waals surface area contributed by atoms with Crippen molar-refractivity contribution in [3.8, 4) is 0 Å². The lowest BCUT2D eigenvalue weighted by Gasteiger charge is -2.12. The van der Waals surface area contributed by atoms with Gasteiger partial charge in [-0.05, 0) is 30.9 Å². The minimum Gasteiger partial charge on any atom is -0.325 e. The van der Waals surface area contributed by atoms with Gasteiger partial charge in [-0.25, -0.2) is 4.39 Å². The van der Waals surface area contributed by atoms with Crippen molar-refractivity contribution >= 4 is 11.6 Å². The van der Waals surface area contributed by atoms with Gasteiger partial charge in [0.2, 0.25) is 0 Å². The molecule has 76 valence electrons. The molecule has 0 saturated heterocycles. The largest absolute Gasteiger partial charge is 0.325 e. The molecule has 2 rings (SSSR count). The van der Waals surface area contributed by atoms with Crippen LogP contribution in [0.4, 0.5) is 4.39 Å². The summed E-state index contributed by atoms with van der Waals surface area (Å²) >= 11 is 5.92. The van der Waals surface area contributed by atoms with Crippen molar-refractivity contribution < 1.29 is 4.39 Å². The highest BCUT2D eigenvalue weighted by Crippen LogP contribution is 2.44. The molecular weight excluding hydrogens is 201 g/mol. The van der Waals surface area contributed by atoms with E-state index in [1.54, 1.807) is 12.1 Å². The van der Waals surface area contributed by atoms with E-state index >= 15 is 0 Å². The van der Waals surface area contributed by atoms with Gasteiger partial charge < -0.3 is 5.73 Å². The maximum Gasteiger partial charge on any atom is 0.127 e. The maximum absolute atomic E-state index is 13.4. The Hall–Kier alpha value is -0.600. The van der Waals surface area contributed by atoms with Crippen molar-refractivity contribution in [3.05, 3.63) is 34.6 Å². The normalized spacial score (nSPS) is 30.4. The zero-order chi connectivity index (χ0) is 10.3. The first-order valence-electron chi connectivity index (χ1n) is 4.75. The van der Waals surface area contributed by atoms with E-state index in [1.807, 2.05) is 0 Å². The van der Waals surface area contributed by atoms with Crippen LogP contribution in [0, 0.1) is 11.7 Å².